The lowest BCUT2D eigenvalue weighted by Gasteiger charge is -2.39. The highest BCUT2D eigenvalue weighted by Crippen LogP contribution is 2.13. The van der Waals surface area contributed by atoms with Gasteiger partial charge in [-0.3, -0.25) is 4.90 Å². The fourth-order valence-corrected chi connectivity index (χ4v) is 2.02. The highest BCUT2D eigenvalue weighted by Gasteiger charge is 2.29. The van der Waals surface area contributed by atoms with Gasteiger partial charge in [0.25, 0.3) is 0 Å². The van der Waals surface area contributed by atoms with Crippen molar-refractivity contribution in [3.05, 3.63) is 0 Å². The maximum absolute atomic E-state index is 6.05. The highest BCUT2D eigenvalue weighted by atomic mass is 16.5. The van der Waals surface area contributed by atoms with Gasteiger partial charge in [-0.05, 0) is 6.42 Å². The van der Waals surface area contributed by atoms with Crippen molar-refractivity contribution in [2.24, 2.45) is 5.73 Å². The maximum Gasteiger partial charge on any atom is 0.0636 e. The molecule has 2 N–H and O–H groups in total. The van der Waals surface area contributed by atoms with E-state index in [1.165, 1.54) is 0 Å². The van der Waals surface area contributed by atoms with E-state index < -0.39 is 0 Å². The van der Waals surface area contributed by atoms with Crippen LogP contribution >= 0.6 is 0 Å². The molecule has 0 aromatic carbocycles. The smallest absolute Gasteiger partial charge is 0.0636 e. The summed E-state index contributed by atoms with van der Waals surface area (Å²) in [5.41, 5.74) is 6.05. The minimum absolute atomic E-state index is 0.284. The molecule has 2 saturated heterocycles. The summed E-state index contributed by atoms with van der Waals surface area (Å²) < 4.78 is 10.7. The van der Waals surface area contributed by atoms with E-state index in [1.807, 2.05) is 0 Å². The number of nitrogens with zero attached hydrogens (tertiary/aromatic N) is 1. The largest absolute Gasteiger partial charge is 0.380 e. The van der Waals surface area contributed by atoms with Crippen molar-refractivity contribution in [1.29, 1.82) is 0 Å². The van der Waals surface area contributed by atoms with Crippen LogP contribution in [0.5, 0.6) is 0 Å². The average Bonchev–Trinajstić information content (AvgIpc) is 2.20. The zero-order valence-corrected chi connectivity index (χ0v) is 7.95. The van der Waals surface area contributed by atoms with Crippen LogP contribution in [0.3, 0.4) is 0 Å². The predicted octanol–water partition coefficient (Wildman–Crippen LogP) is -0.565. The van der Waals surface area contributed by atoms with Crippen molar-refractivity contribution in [3.8, 4) is 0 Å². The Morgan fingerprint density at radius 1 is 1.08 bits per heavy atom. The van der Waals surface area contributed by atoms with Gasteiger partial charge in [-0.1, -0.05) is 0 Å². The first-order valence-corrected chi connectivity index (χ1v) is 5.03. The third-order valence-electron chi connectivity index (χ3n) is 2.89. The van der Waals surface area contributed by atoms with Crippen molar-refractivity contribution in [2.45, 2.75) is 18.5 Å². The van der Waals surface area contributed by atoms with E-state index in [2.05, 4.69) is 4.90 Å². The molecule has 0 bridgehead atoms. The Hall–Kier alpha value is -0.160. The minimum Gasteiger partial charge on any atom is -0.380 e. The lowest BCUT2D eigenvalue weighted by molar-refractivity contribution is -0.0392. The van der Waals surface area contributed by atoms with Crippen LogP contribution < -0.4 is 5.73 Å². The van der Waals surface area contributed by atoms with Gasteiger partial charge in [0, 0.05) is 31.8 Å². The Labute approximate surface area is 79.0 Å². The fourth-order valence-electron chi connectivity index (χ4n) is 2.02. The van der Waals surface area contributed by atoms with E-state index in [0.717, 1.165) is 45.9 Å². The molecule has 2 heterocycles. The van der Waals surface area contributed by atoms with Gasteiger partial charge in [0.05, 0.1) is 19.8 Å². The molecular formula is C9H18N2O2. The molecule has 4 heteroatoms. The third kappa shape index (κ3) is 2.20. The average molecular weight is 186 g/mol. The first kappa shape index (κ1) is 9.40. The van der Waals surface area contributed by atoms with Crippen LogP contribution in [0.4, 0.5) is 0 Å². The van der Waals surface area contributed by atoms with Crippen LogP contribution in [-0.2, 0) is 9.47 Å². The van der Waals surface area contributed by atoms with Gasteiger partial charge >= 0.3 is 0 Å². The number of rotatable bonds is 1. The van der Waals surface area contributed by atoms with Gasteiger partial charge in [0.2, 0.25) is 0 Å². The first-order valence-electron chi connectivity index (χ1n) is 5.03. The van der Waals surface area contributed by atoms with Gasteiger partial charge < -0.3 is 15.2 Å². The summed E-state index contributed by atoms with van der Waals surface area (Å²) in [7, 11) is 0. The monoisotopic (exact) mass is 186 g/mol. The van der Waals surface area contributed by atoms with E-state index in [4.69, 9.17) is 15.2 Å². The molecule has 0 aromatic heterocycles. The molecule has 2 rings (SSSR count). The maximum atomic E-state index is 6.05. The molecule has 2 aliphatic heterocycles. The van der Waals surface area contributed by atoms with E-state index >= 15 is 0 Å². The lowest BCUT2D eigenvalue weighted by Crippen LogP contribution is -2.56. The van der Waals surface area contributed by atoms with Gasteiger partial charge in [0.1, 0.15) is 0 Å². The van der Waals surface area contributed by atoms with Crippen LogP contribution in [-0.4, -0.2) is 56.5 Å². The van der Waals surface area contributed by atoms with Crippen molar-refractivity contribution < 1.29 is 9.47 Å². The summed E-state index contributed by atoms with van der Waals surface area (Å²) in [5, 5.41) is 0. The van der Waals surface area contributed by atoms with Crippen LogP contribution in [0.25, 0.3) is 0 Å². The van der Waals surface area contributed by atoms with Crippen LogP contribution in [0, 0.1) is 0 Å². The van der Waals surface area contributed by atoms with Crippen LogP contribution in [0.1, 0.15) is 6.42 Å². The molecule has 0 spiro atoms. The second-order valence-corrected chi connectivity index (χ2v) is 3.74. The molecule has 2 unspecified atom stereocenters. The lowest BCUT2D eigenvalue weighted by atomic mass is 10.0. The van der Waals surface area contributed by atoms with Crippen LogP contribution in [0.2, 0.25) is 0 Å². The molecule has 0 saturated carbocycles. The molecule has 0 radical (unpaired) electrons. The Morgan fingerprint density at radius 2 is 1.85 bits per heavy atom. The van der Waals surface area contributed by atoms with E-state index in [0.29, 0.717) is 6.04 Å². The second kappa shape index (κ2) is 4.37. The zero-order chi connectivity index (χ0) is 9.10. The molecule has 4 nitrogen and oxygen atoms in total. The molecule has 0 aromatic rings. The summed E-state index contributed by atoms with van der Waals surface area (Å²) in [6.07, 6.45) is 0.988. The molecular weight excluding hydrogens is 168 g/mol. The topological polar surface area (TPSA) is 47.7 Å². The van der Waals surface area contributed by atoms with Gasteiger partial charge in [0.15, 0.2) is 0 Å². The van der Waals surface area contributed by atoms with Gasteiger partial charge in [-0.25, -0.2) is 0 Å². The Kier molecular flexibility index (Phi) is 3.16. The van der Waals surface area contributed by atoms with Crippen molar-refractivity contribution in [3.63, 3.8) is 0 Å². The fraction of sp³-hybridized carbons (Fsp3) is 1.00. The summed E-state index contributed by atoms with van der Waals surface area (Å²) in [6, 6.07) is 0.699. The van der Waals surface area contributed by atoms with Crippen LogP contribution in [0.15, 0.2) is 0 Å². The second-order valence-electron chi connectivity index (χ2n) is 3.74. The molecule has 2 aliphatic rings. The molecule has 76 valence electrons. The number of hydrogen-bond acceptors (Lipinski definition) is 4. The van der Waals surface area contributed by atoms with E-state index in [9.17, 15) is 0 Å². The van der Waals surface area contributed by atoms with E-state index in [-0.39, 0.29) is 6.04 Å². The van der Waals surface area contributed by atoms with E-state index in [1.54, 1.807) is 0 Å². The number of morpholine rings is 1. The van der Waals surface area contributed by atoms with Crippen molar-refractivity contribution >= 4 is 0 Å². The number of nitrogens with two attached hydrogens (primary N) is 1. The summed E-state index contributed by atoms with van der Waals surface area (Å²) in [6.45, 7) is 5.29. The van der Waals surface area contributed by atoms with Crippen molar-refractivity contribution in [1.82, 2.24) is 4.90 Å². The summed E-state index contributed by atoms with van der Waals surface area (Å²) in [5.74, 6) is 0. The Bertz CT molecular complexity index is 160. The third-order valence-corrected chi connectivity index (χ3v) is 2.89. The molecule has 2 atom stereocenters. The standard InChI is InChI=1S/C9H18N2O2/c10-8-1-4-13-7-9(8)11-2-5-12-6-3-11/h8-9H,1-7,10H2. The molecule has 0 aliphatic carbocycles. The normalized spacial score (nSPS) is 37.6. The molecule has 13 heavy (non-hydrogen) atoms. The first-order chi connectivity index (χ1) is 6.38. The Morgan fingerprint density at radius 3 is 2.54 bits per heavy atom. The number of hydrogen-bond donors (Lipinski definition) is 1. The highest BCUT2D eigenvalue weighted by molar-refractivity contribution is 4.85. The SMILES string of the molecule is NC1CCOCC1N1CCOCC1. The summed E-state index contributed by atoms with van der Waals surface area (Å²) >= 11 is 0. The minimum atomic E-state index is 0.284. The Balaban J connectivity index is 1.88. The quantitative estimate of drug-likeness (QED) is 0.596. The molecule has 0 amide bonds. The zero-order valence-electron chi connectivity index (χ0n) is 7.95. The van der Waals surface area contributed by atoms with Gasteiger partial charge in [-0.15, -0.1) is 0 Å². The van der Waals surface area contributed by atoms with Crippen molar-refractivity contribution in [2.75, 3.05) is 39.5 Å². The molecule has 2 fully saturated rings. The predicted molar refractivity (Wildman–Crippen MR) is 49.6 cm³/mol. The number of ether oxygens (including phenoxy) is 2. The van der Waals surface area contributed by atoms with Gasteiger partial charge in [-0.2, -0.15) is 0 Å². The summed E-state index contributed by atoms with van der Waals surface area (Å²) in [4.78, 5) is 2.40.